The molecular weight excluding hydrogens is 277 g/mol. The topological polar surface area (TPSA) is 35.2 Å². The van der Waals surface area contributed by atoms with E-state index in [1.165, 1.54) is 0 Å². The first-order chi connectivity index (χ1) is 6.69. The van der Waals surface area contributed by atoms with Crippen molar-refractivity contribution < 1.29 is 4.74 Å². The maximum absolute atomic E-state index is 5.93. The third kappa shape index (κ3) is 3.86. The minimum absolute atomic E-state index is 0. The molecule has 0 heterocycles. The molecular formula is C11H15BrClNO. The van der Waals surface area contributed by atoms with Crippen LogP contribution in [0.15, 0.2) is 35.3 Å². The molecule has 0 saturated carbocycles. The Bertz CT molecular complexity index is 330. The average Bonchev–Trinajstić information content (AvgIpc) is 2.18. The first-order valence-corrected chi connectivity index (χ1v) is 5.18. The van der Waals surface area contributed by atoms with Crippen LogP contribution < -0.4 is 10.5 Å². The third-order valence-corrected chi connectivity index (χ3v) is 2.64. The van der Waals surface area contributed by atoms with Crippen LogP contribution in [0.1, 0.15) is 18.0 Å². The molecule has 84 valence electrons. The molecule has 2 N–H and O–H groups in total. The van der Waals surface area contributed by atoms with Crippen LogP contribution in [0.25, 0.3) is 0 Å². The average molecular weight is 293 g/mol. The van der Waals surface area contributed by atoms with Crippen molar-refractivity contribution in [2.75, 3.05) is 7.11 Å². The number of methoxy groups -OCH3 is 1. The number of benzene rings is 1. The minimum atomic E-state index is 0. The van der Waals surface area contributed by atoms with Gasteiger partial charge in [-0.25, -0.2) is 0 Å². The third-order valence-electron chi connectivity index (χ3n) is 2.02. The molecule has 1 rings (SSSR count). The van der Waals surface area contributed by atoms with Gasteiger partial charge in [-0.05, 0) is 40.0 Å². The van der Waals surface area contributed by atoms with Gasteiger partial charge in [0.25, 0.3) is 0 Å². The van der Waals surface area contributed by atoms with Gasteiger partial charge >= 0.3 is 0 Å². The second kappa shape index (κ2) is 6.88. The number of ether oxygens (including phenoxy) is 1. The summed E-state index contributed by atoms with van der Waals surface area (Å²) in [5, 5.41) is 0. The van der Waals surface area contributed by atoms with E-state index in [1.807, 2.05) is 24.3 Å². The lowest BCUT2D eigenvalue weighted by Crippen LogP contribution is -2.08. The van der Waals surface area contributed by atoms with E-state index in [-0.39, 0.29) is 18.4 Å². The zero-order chi connectivity index (χ0) is 10.6. The lowest BCUT2D eigenvalue weighted by molar-refractivity contribution is 0.412. The molecule has 0 aliphatic rings. The van der Waals surface area contributed by atoms with Crippen molar-refractivity contribution in [2.24, 2.45) is 5.73 Å². The fourth-order valence-corrected chi connectivity index (χ4v) is 1.79. The molecule has 1 atom stereocenters. The van der Waals surface area contributed by atoms with Gasteiger partial charge in [0, 0.05) is 6.04 Å². The van der Waals surface area contributed by atoms with Crippen LogP contribution in [0.2, 0.25) is 0 Å². The van der Waals surface area contributed by atoms with E-state index in [2.05, 4.69) is 22.5 Å². The van der Waals surface area contributed by atoms with Crippen molar-refractivity contribution in [1.29, 1.82) is 0 Å². The van der Waals surface area contributed by atoms with Gasteiger partial charge in [0.2, 0.25) is 0 Å². The molecule has 1 aromatic carbocycles. The predicted molar refractivity (Wildman–Crippen MR) is 69.7 cm³/mol. The zero-order valence-electron chi connectivity index (χ0n) is 8.57. The molecule has 0 saturated heterocycles. The highest BCUT2D eigenvalue weighted by atomic mass is 79.9. The minimum Gasteiger partial charge on any atom is -0.496 e. The van der Waals surface area contributed by atoms with Crippen LogP contribution in [-0.4, -0.2) is 7.11 Å². The lowest BCUT2D eigenvalue weighted by atomic mass is 10.0. The molecule has 0 spiro atoms. The summed E-state index contributed by atoms with van der Waals surface area (Å²) in [5.74, 6) is 0.819. The molecule has 0 aliphatic heterocycles. The molecule has 0 aromatic heterocycles. The molecule has 0 radical (unpaired) electrons. The Morgan fingerprint density at radius 1 is 1.60 bits per heavy atom. The van der Waals surface area contributed by atoms with Crippen molar-refractivity contribution in [1.82, 2.24) is 0 Å². The predicted octanol–water partition coefficient (Wildman–Crippen LogP) is 3.46. The van der Waals surface area contributed by atoms with Crippen LogP contribution >= 0.6 is 28.3 Å². The van der Waals surface area contributed by atoms with Gasteiger partial charge in [0.05, 0.1) is 11.6 Å². The molecule has 0 aliphatic carbocycles. The summed E-state index contributed by atoms with van der Waals surface area (Å²) in [5.41, 5.74) is 7.01. The highest BCUT2D eigenvalue weighted by Crippen LogP contribution is 2.28. The van der Waals surface area contributed by atoms with Crippen molar-refractivity contribution in [3.05, 3.63) is 40.9 Å². The van der Waals surface area contributed by atoms with E-state index in [0.29, 0.717) is 0 Å². The standard InChI is InChI=1S/C11H14BrNO.ClH/c1-3-4-10(13)8-5-6-11(14-2)9(12)7-8;/h3,5-7,10H,1,4,13H2,2H3;1H/t10-;/m1./s1. The Labute approximate surface area is 105 Å². The maximum Gasteiger partial charge on any atom is 0.133 e. The first kappa shape index (κ1) is 14.5. The van der Waals surface area contributed by atoms with E-state index >= 15 is 0 Å². The summed E-state index contributed by atoms with van der Waals surface area (Å²) < 4.78 is 6.06. The molecule has 0 bridgehead atoms. The summed E-state index contributed by atoms with van der Waals surface area (Å²) in [7, 11) is 1.64. The fourth-order valence-electron chi connectivity index (χ4n) is 1.23. The zero-order valence-corrected chi connectivity index (χ0v) is 11.0. The molecule has 0 unspecified atom stereocenters. The Morgan fingerprint density at radius 3 is 2.73 bits per heavy atom. The highest BCUT2D eigenvalue weighted by molar-refractivity contribution is 9.10. The second-order valence-electron chi connectivity index (χ2n) is 3.02. The molecule has 0 fully saturated rings. The molecule has 4 heteroatoms. The number of hydrogen-bond acceptors (Lipinski definition) is 2. The highest BCUT2D eigenvalue weighted by Gasteiger charge is 2.06. The number of rotatable bonds is 4. The van der Waals surface area contributed by atoms with E-state index in [9.17, 15) is 0 Å². The molecule has 15 heavy (non-hydrogen) atoms. The van der Waals surface area contributed by atoms with Gasteiger partial charge in [-0.2, -0.15) is 0 Å². The van der Waals surface area contributed by atoms with Gasteiger partial charge in [0.1, 0.15) is 5.75 Å². The van der Waals surface area contributed by atoms with Gasteiger partial charge < -0.3 is 10.5 Å². The Kier molecular flexibility index (Phi) is 6.65. The van der Waals surface area contributed by atoms with Crippen molar-refractivity contribution in [3.8, 4) is 5.75 Å². The summed E-state index contributed by atoms with van der Waals surface area (Å²) in [6, 6.07) is 5.86. The summed E-state index contributed by atoms with van der Waals surface area (Å²) in [6.45, 7) is 3.67. The van der Waals surface area contributed by atoms with Crippen LogP contribution in [0, 0.1) is 0 Å². The fraction of sp³-hybridized carbons (Fsp3) is 0.273. The van der Waals surface area contributed by atoms with Crippen molar-refractivity contribution in [2.45, 2.75) is 12.5 Å². The number of nitrogens with two attached hydrogens (primary N) is 1. The maximum atomic E-state index is 5.93. The normalized spacial score (nSPS) is 11.4. The molecule has 0 amide bonds. The van der Waals surface area contributed by atoms with Crippen LogP contribution in [-0.2, 0) is 0 Å². The smallest absolute Gasteiger partial charge is 0.133 e. The van der Waals surface area contributed by atoms with E-state index in [4.69, 9.17) is 10.5 Å². The van der Waals surface area contributed by atoms with E-state index in [0.717, 1.165) is 22.2 Å². The molecule has 2 nitrogen and oxygen atoms in total. The summed E-state index contributed by atoms with van der Waals surface area (Å²) in [4.78, 5) is 0. The largest absolute Gasteiger partial charge is 0.496 e. The van der Waals surface area contributed by atoms with Crippen LogP contribution in [0.3, 0.4) is 0 Å². The van der Waals surface area contributed by atoms with Gasteiger partial charge in [-0.1, -0.05) is 12.1 Å². The van der Waals surface area contributed by atoms with Gasteiger partial charge in [-0.15, -0.1) is 19.0 Å². The first-order valence-electron chi connectivity index (χ1n) is 4.39. The summed E-state index contributed by atoms with van der Waals surface area (Å²) in [6.07, 6.45) is 2.60. The Morgan fingerprint density at radius 2 is 2.27 bits per heavy atom. The van der Waals surface area contributed by atoms with Crippen LogP contribution in [0.4, 0.5) is 0 Å². The lowest BCUT2D eigenvalue weighted by Gasteiger charge is -2.11. The molecule has 1 aromatic rings. The number of halogens is 2. The van der Waals surface area contributed by atoms with Crippen molar-refractivity contribution >= 4 is 28.3 Å². The second-order valence-corrected chi connectivity index (χ2v) is 3.88. The number of hydrogen-bond donors (Lipinski definition) is 1. The van der Waals surface area contributed by atoms with E-state index < -0.39 is 0 Å². The monoisotopic (exact) mass is 291 g/mol. The van der Waals surface area contributed by atoms with Crippen LogP contribution in [0.5, 0.6) is 5.75 Å². The van der Waals surface area contributed by atoms with E-state index in [1.54, 1.807) is 7.11 Å². The van der Waals surface area contributed by atoms with Crippen molar-refractivity contribution in [3.63, 3.8) is 0 Å². The Hall–Kier alpha value is -0.510. The van der Waals surface area contributed by atoms with Gasteiger partial charge in [-0.3, -0.25) is 0 Å². The SMILES string of the molecule is C=CC[C@@H](N)c1ccc(OC)c(Br)c1.Cl. The quantitative estimate of drug-likeness (QED) is 0.863. The summed E-state index contributed by atoms with van der Waals surface area (Å²) >= 11 is 3.42. The Balaban J connectivity index is 0.00000196. The van der Waals surface area contributed by atoms with Gasteiger partial charge in [0.15, 0.2) is 0 Å².